The number of esters is 1. The highest BCUT2D eigenvalue weighted by Gasteiger charge is 2.28. The highest BCUT2D eigenvalue weighted by Crippen LogP contribution is 2.14. The highest BCUT2D eigenvalue weighted by molar-refractivity contribution is 6.11. The first-order chi connectivity index (χ1) is 7.61. The maximum atomic E-state index is 11.9. The van der Waals surface area contributed by atoms with Crippen LogP contribution in [0.15, 0.2) is 24.3 Å². The van der Waals surface area contributed by atoms with Gasteiger partial charge in [-0.15, -0.1) is 0 Å². The van der Waals surface area contributed by atoms with Crippen molar-refractivity contribution in [3.63, 3.8) is 0 Å². The van der Waals surface area contributed by atoms with E-state index in [4.69, 9.17) is 5.26 Å². The number of carbonyl (C=O) groups is 2. The van der Waals surface area contributed by atoms with Gasteiger partial charge in [0.25, 0.3) is 0 Å². The molecule has 0 spiro atoms. The molecular formula is C12H11NO3. The summed E-state index contributed by atoms with van der Waals surface area (Å²) < 4.78 is 4.40. The van der Waals surface area contributed by atoms with Crippen molar-refractivity contribution < 1.29 is 14.3 Å². The summed E-state index contributed by atoms with van der Waals surface area (Å²) in [6.45, 7) is 1.75. The third kappa shape index (κ3) is 2.26. The van der Waals surface area contributed by atoms with E-state index in [2.05, 4.69) is 4.74 Å². The summed E-state index contributed by atoms with van der Waals surface area (Å²) in [6, 6.07) is 8.46. The Morgan fingerprint density at radius 2 is 2.00 bits per heavy atom. The van der Waals surface area contributed by atoms with Gasteiger partial charge < -0.3 is 4.74 Å². The standard InChI is InChI=1S/C12H11NO3/c1-8-5-3-4-6-9(8)11(14)10(7-13)12(15)16-2/h3-6,10H,1-2H3/t10-/m0/s1. The van der Waals surface area contributed by atoms with Gasteiger partial charge in [-0.25, -0.2) is 0 Å². The lowest BCUT2D eigenvalue weighted by Gasteiger charge is -2.07. The molecule has 4 nitrogen and oxygen atoms in total. The number of ether oxygens (including phenoxy) is 1. The predicted octanol–water partition coefficient (Wildman–Crippen LogP) is 1.49. The van der Waals surface area contributed by atoms with Crippen LogP contribution in [-0.2, 0) is 9.53 Å². The van der Waals surface area contributed by atoms with Gasteiger partial charge in [-0.1, -0.05) is 24.3 Å². The van der Waals surface area contributed by atoms with Crippen LogP contribution < -0.4 is 0 Å². The molecule has 1 rings (SSSR count). The fraction of sp³-hybridized carbons (Fsp3) is 0.250. The average Bonchev–Trinajstić information content (AvgIpc) is 2.30. The van der Waals surface area contributed by atoms with Crippen molar-refractivity contribution in [2.45, 2.75) is 6.92 Å². The number of methoxy groups -OCH3 is 1. The first-order valence-corrected chi connectivity index (χ1v) is 4.69. The quantitative estimate of drug-likeness (QED) is 0.437. The maximum Gasteiger partial charge on any atom is 0.331 e. The van der Waals surface area contributed by atoms with Crippen LogP contribution in [0, 0.1) is 24.2 Å². The van der Waals surface area contributed by atoms with Gasteiger partial charge in [0.1, 0.15) is 0 Å². The molecule has 0 N–H and O–H groups in total. The van der Waals surface area contributed by atoms with Crippen molar-refractivity contribution in [2.75, 3.05) is 7.11 Å². The van der Waals surface area contributed by atoms with Crippen molar-refractivity contribution in [1.82, 2.24) is 0 Å². The largest absolute Gasteiger partial charge is 0.468 e. The number of benzene rings is 1. The number of nitrogens with zero attached hydrogens (tertiary/aromatic N) is 1. The van der Waals surface area contributed by atoms with Gasteiger partial charge in [-0.2, -0.15) is 5.26 Å². The normalized spacial score (nSPS) is 11.3. The molecule has 0 saturated carbocycles. The number of hydrogen-bond donors (Lipinski definition) is 0. The van der Waals surface area contributed by atoms with Gasteiger partial charge in [-0.05, 0) is 12.5 Å². The lowest BCUT2D eigenvalue weighted by Crippen LogP contribution is -2.24. The molecule has 0 amide bonds. The van der Waals surface area contributed by atoms with E-state index < -0.39 is 17.7 Å². The predicted molar refractivity (Wildman–Crippen MR) is 56.6 cm³/mol. The summed E-state index contributed by atoms with van der Waals surface area (Å²) >= 11 is 0. The number of aryl methyl sites for hydroxylation is 1. The molecule has 0 aliphatic carbocycles. The van der Waals surface area contributed by atoms with E-state index in [9.17, 15) is 9.59 Å². The molecule has 0 bridgehead atoms. The Morgan fingerprint density at radius 1 is 1.38 bits per heavy atom. The van der Waals surface area contributed by atoms with Crippen molar-refractivity contribution in [3.05, 3.63) is 35.4 Å². The molecule has 0 radical (unpaired) electrons. The number of hydrogen-bond acceptors (Lipinski definition) is 4. The van der Waals surface area contributed by atoms with E-state index in [0.29, 0.717) is 5.56 Å². The second-order valence-corrected chi connectivity index (χ2v) is 3.26. The van der Waals surface area contributed by atoms with Crippen LogP contribution in [0.2, 0.25) is 0 Å². The molecule has 0 aromatic heterocycles. The molecular weight excluding hydrogens is 206 g/mol. The summed E-state index contributed by atoms with van der Waals surface area (Å²) in [6.07, 6.45) is 0. The van der Waals surface area contributed by atoms with Crippen molar-refractivity contribution in [2.24, 2.45) is 5.92 Å². The fourth-order valence-electron chi connectivity index (χ4n) is 1.34. The Hall–Kier alpha value is -2.15. The monoisotopic (exact) mass is 217 g/mol. The number of Topliss-reactive ketones (excluding diaryl/α,β-unsaturated/α-hetero) is 1. The van der Waals surface area contributed by atoms with Crippen molar-refractivity contribution in [1.29, 1.82) is 5.26 Å². The number of rotatable bonds is 3. The summed E-state index contributed by atoms with van der Waals surface area (Å²) in [7, 11) is 1.15. The molecule has 1 aromatic rings. The van der Waals surface area contributed by atoms with E-state index in [1.54, 1.807) is 37.3 Å². The van der Waals surface area contributed by atoms with E-state index in [1.165, 1.54) is 0 Å². The highest BCUT2D eigenvalue weighted by atomic mass is 16.5. The van der Waals surface area contributed by atoms with Gasteiger partial charge in [0.2, 0.25) is 5.92 Å². The van der Waals surface area contributed by atoms with E-state index in [1.807, 2.05) is 0 Å². The molecule has 0 unspecified atom stereocenters. The van der Waals surface area contributed by atoms with Gasteiger partial charge in [0.15, 0.2) is 5.78 Å². The zero-order valence-corrected chi connectivity index (χ0v) is 9.06. The third-order valence-electron chi connectivity index (χ3n) is 2.24. The van der Waals surface area contributed by atoms with Crippen LogP contribution in [-0.4, -0.2) is 18.9 Å². The summed E-state index contributed by atoms with van der Waals surface area (Å²) in [4.78, 5) is 23.1. The van der Waals surface area contributed by atoms with Crippen molar-refractivity contribution >= 4 is 11.8 Å². The lowest BCUT2D eigenvalue weighted by molar-refractivity contribution is -0.141. The molecule has 1 atom stereocenters. The molecule has 0 saturated heterocycles. The molecule has 82 valence electrons. The molecule has 0 heterocycles. The second kappa shape index (κ2) is 5.08. The van der Waals surface area contributed by atoms with E-state index in [-0.39, 0.29) is 0 Å². The minimum absolute atomic E-state index is 0.374. The SMILES string of the molecule is COC(=O)[C@@H](C#N)C(=O)c1ccccc1C. The molecule has 0 aliphatic heterocycles. The zero-order valence-electron chi connectivity index (χ0n) is 9.06. The Labute approximate surface area is 93.5 Å². The number of ketones is 1. The van der Waals surface area contributed by atoms with Crippen LogP contribution in [0.25, 0.3) is 0 Å². The first-order valence-electron chi connectivity index (χ1n) is 4.69. The van der Waals surface area contributed by atoms with Gasteiger partial charge in [-0.3, -0.25) is 9.59 Å². The Balaban J connectivity index is 3.07. The Kier molecular flexibility index (Phi) is 3.78. The van der Waals surface area contributed by atoms with E-state index in [0.717, 1.165) is 12.7 Å². The first kappa shape index (κ1) is 11.9. The summed E-state index contributed by atoms with van der Waals surface area (Å²) in [5, 5.41) is 8.78. The Morgan fingerprint density at radius 3 is 2.50 bits per heavy atom. The average molecular weight is 217 g/mol. The summed E-state index contributed by atoms with van der Waals surface area (Å²) in [5.41, 5.74) is 1.11. The van der Waals surface area contributed by atoms with Gasteiger partial charge >= 0.3 is 5.97 Å². The van der Waals surface area contributed by atoms with Crippen LogP contribution in [0.4, 0.5) is 0 Å². The third-order valence-corrected chi connectivity index (χ3v) is 2.24. The summed E-state index contributed by atoms with van der Waals surface area (Å²) in [5.74, 6) is -2.73. The van der Waals surface area contributed by atoms with Crippen LogP contribution in [0.3, 0.4) is 0 Å². The van der Waals surface area contributed by atoms with Gasteiger partial charge in [0.05, 0.1) is 13.2 Å². The Bertz CT molecular complexity index is 460. The van der Waals surface area contributed by atoms with Crippen LogP contribution in [0.1, 0.15) is 15.9 Å². The number of carbonyl (C=O) groups excluding carboxylic acids is 2. The fourth-order valence-corrected chi connectivity index (χ4v) is 1.34. The molecule has 4 heteroatoms. The van der Waals surface area contributed by atoms with Crippen LogP contribution in [0.5, 0.6) is 0 Å². The van der Waals surface area contributed by atoms with Crippen molar-refractivity contribution in [3.8, 4) is 6.07 Å². The maximum absolute atomic E-state index is 11.9. The van der Waals surface area contributed by atoms with Gasteiger partial charge in [0, 0.05) is 5.56 Å². The minimum Gasteiger partial charge on any atom is -0.468 e. The molecule has 0 fully saturated rings. The lowest BCUT2D eigenvalue weighted by atomic mass is 9.95. The minimum atomic E-state index is -1.38. The second-order valence-electron chi connectivity index (χ2n) is 3.26. The zero-order chi connectivity index (χ0) is 12.1. The van der Waals surface area contributed by atoms with Crippen LogP contribution >= 0.6 is 0 Å². The van der Waals surface area contributed by atoms with E-state index >= 15 is 0 Å². The molecule has 1 aromatic carbocycles. The molecule has 0 aliphatic rings. The smallest absolute Gasteiger partial charge is 0.331 e. The number of nitriles is 1. The topological polar surface area (TPSA) is 67.2 Å². The molecule has 16 heavy (non-hydrogen) atoms.